The van der Waals surface area contributed by atoms with Crippen molar-refractivity contribution >= 4 is 34.7 Å². The van der Waals surface area contributed by atoms with E-state index in [9.17, 15) is 9.59 Å². The molecule has 11 heteroatoms. The molecular weight excluding hydrogens is 486 g/mol. The lowest BCUT2D eigenvalue weighted by Gasteiger charge is -2.21. The van der Waals surface area contributed by atoms with Crippen LogP contribution in [0.5, 0.6) is 11.5 Å². The zero-order chi connectivity index (χ0) is 27.7. The first kappa shape index (κ1) is 28.4. The molecule has 3 amide bonds. The standard InChI is InChI=1S/C27H37N7O4/c1-7-22(35)28-10-8-9-11-29-25-30-16-18-14-21(17-12-19(37-5)15-20(13-17)38-6)24(31-23(18)32-25)33-26(36)34-27(2,3)4/h12-16H,7-11H2,1-6H3,(H,28,35)(H3,29,30,31,32,33,34,36). The van der Waals surface area contributed by atoms with E-state index >= 15 is 0 Å². The second-order valence-electron chi connectivity index (χ2n) is 9.76. The SMILES string of the molecule is CCC(=O)NCCCCNc1ncc2cc(-c3cc(OC)cc(OC)c3)c(NC(=O)NC(C)(C)C)nc2n1. The Kier molecular flexibility index (Phi) is 9.64. The first-order chi connectivity index (χ1) is 18.1. The third kappa shape index (κ3) is 8.19. The molecule has 4 N–H and O–H groups in total. The maximum atomic E-state index is 12.8. The van der Waals surface area contributed by atoms with E-state index in [-0.39, 0.29) is 11.9 Å². The summed E-state index contributed by atoms with van der Waals surface area (Å²) in [5.74, 6) is 2.04. The van der Waals surface area contributed by atoms with Crippen molar-refractivity contribution in [3.8, 4) is 22.6 Å². The highest BCUT2D eigenvalue weighted by atomic mass is 16.5. The van der Waals surface area contributed by atoms with Crippen molar-refractivity contribution in [2.75, 3.05) is 37.9 Å². The van der Waals surface area contributed by atoms with Crippen LogP contribution in [0, 0.1) is 0 Å². The predicted octanol–water partition coefficient (Wildman–Crippen LogP) is 4.35. The van der Waals surface area contributed by atoms with Crippen molar-refractivity contribution in [2.45, 2.75) is 52.5 Å². The van der Waals surface area contributed by atoms with E-state index in [1.807, 2.05) is 45.9 Å². The minimum absolute atomic E-state index is 0.0502. The van der Waals surface area contributed by atoms with E-state index in [4.69, 9.17) is 9.47 Å². The van der Waals surface area contributed by atoms with Gasteiger partial charge in [-0.15, -0.1) is 0 Å². The zero-order valence-electron chi connectivity index (χ0n) is 22.9. The Morgan fingerprint density at radius 3 is 2.26 bits per heavy atom. The summed E-state index contributed by atoms with van der Waals surface area (Å²) in [6.45, 7) is 8.81. The monoisotopic (exact) mass is 523 g/mol. The topological polar surface area (TPSA) is 139 Å². The van der Waals surface area contributed by atoms with E-state index in [1.54, 1.807) is 26.5 Å². The molecule has 1 aromatic carbocycles. The van der Waals surface area contributed by atoms with Gasteiger partial charge < -0.3 is 25.4 Å². The molecule has 0 spiro atoms. The highest BCUT2D eigenvalue weighted by Gasteiger charge is 2.18. The lowest BCUT2D eigenvalue weighted by molar-refractivity contribution is -0.120. The molecule has 0 saturated carbocycles. The highest BCUT2D eigenvalue weighted by molar-refractivity contribution is 5.96. The molecule has 0 radical (unpaired) electrons. The molecule has 0 aliphatic carbocycles. The Labute approximate surface area is 223 Å². The van der Waals surface area contributed by atoms with Gasteiger partial charge in [0.05, 0.1) is 14.2 Å². The minimum atomic E-state index is -0.432. The molecule has 2 heterocycles. The minimum Gasteiger partial charge on any atom is -0.497 e. The number of anilines is 2. The van der Waals surface area contributed by atoms with Crippen molar-refractivity contribution in [1.82, 2.24) is 25.6 Å². The molecule has 3 aromatic rings. The predicted molar refractivity (Wildman–Crippen MR) is 149 cm³/mol. The van der Waals surface area contributed by atoms with Crippen LogP contribution in [-0.2, 0) is 4.79 Å². The summed E-state index contributed by atoms with van der Waals surface area (Å²) in [5, 5.41) is 12.5. The molecule has 11 nitrogen and oxygen atoms in total. The maximum Gasteiger partial charge on any atom is 0.320 e. The average Bonchev–Trinajstić information content (AvgIpc) is 2.88. The van der Waals surface area contributed by atoms with Gasteiger partial charge in [0.15, 0.2) is 5.65 Å². The molecule has 0 bridgehead atoms. The van der Waals surface area contributed by atoms with Gasteiger partial charge in [0.1, 0.15) is 17.3 Å². The highest BCUT2D eigenvalue weighted by Crippen LogP contribution is 2.35. The number of ether oxygens (including phenoxy) is 2. The Morgan fingerprint density at radius 2 is 1.63 bits per heavy atom. The smallest absolute Gasteiger partial charge is 0.320 e. The van der Waals surface area contributed by atoms with E-state index in [1.165, 1.54) is 0 Å². The van der Waals surface area contributed by atoms with Gasteiger partial charge in [0.25, 0.3) is 0 Å². The third-order valence-electron chi connectivity index (χ3n) is 5.48. The number of benzene rings is 1. The van der Waals surface area contributed by atoms with Crippen LogP contribution in [0.1, 0.15) is 47.0 Å². The number of aromatic nitrogens is 3. The van der Waals surface area contributed by atoms with E-state index in [0.717, 1.165) is 18.4 Å². The number of carbonyl (C=O) groups excluding carboxylic acids is 2. The van der Waals surface area contributed by atoms with E-state index in [2.05, 4.69) is 36.2 Å². The number of amides is 3. The normalized spacial score (nSPS) is 11.1. The molecule has 0 saturated heterocycles. The Hall–Kier alpha value is -4.15. The van der Waals surface area contributed by atoms with Gasteiger partial charge in [0.2, 0.25) is 11.9 Å². The first-order valence-electron chi connectivity index (χ1n) is 12.6. The lowest BCUT2D eigenvalue weighted by atomic mass is 10.0. The molecular formula is C27H37N7O4. The van der Waals surface area contributed by atoms with Crippen LogP contribution in [0.25, 0.3) is 22.2 Å². The maximum absolute atomic E-state index is 12.8. The van der Waals surface area contributed by atoms with Gasteiger partial charge in [-0.05, 0) is 57.4 Å². The van der Waals surface area contributed by atoms with Crippen LogP contribution < -0.4 is 30.7 Å². The molecule has 38 heavy (non-hydrogen) atoms. The van der Waals surface area contributed by atoms with Gasteiger partial charge in [-0.1, -0.05) is 6.92 Å². The fourth-order valence-corrected chi connectivity index (χ4v) is 3.61. The van der Waals surface area contributed by atoms with Crippen LogP contribution in [0.2, 0.25) is 0 Å². The fourth-order valence-electron chi connectivity index (χ4n) is 3.61. The van der Waals surface area contributed by atoms with Crippen LogP contribution in [0.3, 0.4) is 0 Å². The molecule has 0 aliphatic heterocycles. The van der Waals surface area contributed by atoms with Crippen LogP contribution in [0.15, 0.2) is 30.5 Å². The molecule has 204 valence electrons. The summed E-state index contributed by atoms with van der Waals surface area (Å²) in [6, 6.07) is 6.96. The van der Waals surface area contributed by atoms with Crippen molar-refractivity contribution in [3.05, 3.63) is 30.5 Å². The van der Waals surface area contributed by atoms with Crippen molar-refractivity contribution in [3.63, 3.8) is 0 Å². The quantitative estimate of drug-likeness (QED) is 0.272. The number of methoxy groups -OCH3 is 2. The second-order valence-corrected chi connectivity index (χ2v) is 9.76. The number of hydrogen-bond acceptors (Lipinski definition) is 8. The number of nitrogens with one attached hydrogen (secondary N) is 4. The zero-order valence-corrected chi connectivity index (χ0v) is 22.9. The molecule has 0 unspecified atom stereocenters. The summed E-state index contributed by atoms with van der Waals surface area (Å²) in [5.41, 5.74) is 1.41. The number of unbranched alkanes of at least 4 members (excludes halogenated alkanes) is 1. The van der Waals surface area contributed by atoms with Crippen molar-refractivity contribution in [1.29, 1.82) is 0 Å². The van der Waals surface area contributed by atoms with E-state index < -0.39 is 5.54 Å². The number of fused-ring (bicyclic) bond motifs is 1. The number of carbonyl (C=O) groups is 2. The molecule has 0 aliphatic rings. The summed E-state index contributed by atoms with van der Waals surface area (Å²) in [7, 11) is 3.16. The van der Waals surface area contributed by atoms with Gasteiger partial charge in [-0.3, -0.25) is 10.1 Å². The Bertz CT molecular complexity index is 1250. The van der Waals surface area contributed by atoms with Gasteiger partial charge >= 0.3 is 6.03 Å². The first-order valence-corrected chi connectivity index (χ1v) is 12.6. The van der Waals surface area contributed by atoms with Crippen molar-refractivity contribution in [2.24, 2.45) is 0 Å². The average molecular weight is 524 g/mol. The molecule has 2 aromatic heterocycles. The van der Waals surface area contributed by atoms with E-state index in [0.29, 0.717) is 59.4 Å². The second kappa shape index (κ2) is 12.9. The summed E-state index contributed by atoms with van der Waals surface area (Å²) in [6.07, 6.45) is 3.86. The van der Waals surface area contributed by atoms with Crippen LogP contribution in [-0.4, -0.2) is 59.7 Å². The van der Waals surface area contributed by atoms with Gasteiger partial charge in [-0.25, -0.2) is 14.8 Å². The van der Waals surface area contributed by atoms with Gasteiger partial charge in [-0.2, -0.15) is 4.98 Å². The number of hydrogen-bond donors (Lipinski definition) is 4. The number of pyridine rings is 1. The van der Waals surface area contributed by atoms with Crippen molar-refractivity contribution < 1.29 is 19.1 Å². The molecule has 0 atom stereocenters. The molecule has 3 rings (SSSR count). The van der Waals surface area contributed by atoms with Crippen LogP contribution >= 0.6 is 0 Å². The lowest BCUT2D eigenvalue weighted by Crippen LogP contribution is -2.43. The number of nitrogens with zero attached hydrogens (tertiary/aromatic N) is 3. The van der Waals surface area contributed by atoms with Gasteiger partial charge in [0, 0.05) is 48.3 Å². The Morgan fingerprint density at radius 1 is 0.947 bits per heavy atom. The number of urea groups is 1. The largest absolute Gasteiger partial charge is 0.497 e. The summed E-state index contributed by atoms with van der Waals surface area (Å²) >= 11 is 0. The summed E-state index contributed by atoms with van der Waals surface area (Å²) < 4.78 is 10.9. The number of rotatable bonds is 11. The Balaban J connectivity index is 1.89. The third-order valence-corrected chi connectivity index (χ3v) is 5.48. The fraction of sp³-hybridized carbons (Fsp3) is 0.444. The molecule has 0 fully saturated rings. The summed E-state index contributed by atoms with van der Waals surface area (Å²) in [4.78, 5) is 37.8. The van der Waals surface area contributed by atoms with Crippen LogP contribution in [0.4, 0.5) is 16.6 Å².